The first-order valence-corrected chi connectivity index (χ1v) is 5.25. The lowest BCUT2D eigenvalue weighted by Gasteiger charge is -2.10. The zero-order valence-corrected chi connectivity index (χ0v) is 8.39. The Morgan fingerprint density at radius 2 is 2.14 bits per heavy atom. The van der Waals surface area contributed by atoms with E-state index in [2.05, 4.69) is 22.0 Å². The summed E-state index contributed by atoms with van der Waals surface area (Å²) in [5, 5.41) is 0. The quantitative estimate of drug-likeness (QED) is 0.723. The van der Waals surface area contributed by atoms with Crippen molar-refractivity contribution in [3.63, 3.8) is 0 Å². The Morgan fingerprint density at radius 3 is 2.86 bits per heavy atom. The van der Waals surface area contributed by atoms with Gasteiger partial charge in [0.25, 0.3) is 0 Å². The molecule has 1 aromatic rings. The number of pyridine rings is 1. The van der Waals surface area contributed by atoms with E-state index in [1.807, 2.05) is 24.4 Å². The first-order chi connectivity index (χ1) is 6.95. The summed E-state index contributed by atoms with van der Waals surface area (Å²) >= 11 is 0. The van der Waals surface area contributed by atoms with E-state index >= 15 is 0 Å². The average molecular weight is 188 g/mol. The lowest BCUT2D eigenvalue weighted by atomic mass is 10.3. The van der Waals surface area contributed by atoms with Gasteiger partial charge in [-0.1, -0.05) is 12.1 Å². The van der Waals surface area contributed by atoms with Crippen LogP contribution in [0.5, 0.6) is 0 Å². The minimum atomic E-state index is 1.05. The molecule has 0 atom stereocenters. The Bertz CT molecular complexity index is 286. The van der Waals surface area contributed by atoms with E-state index in [1.165, 1.54) is 25.9 Å². The fraction of sp³-hybridized carbons (Fsp3) is 0.417. The number of hydrogen-bond acceptors (Lipinski definition) is 2. The molecule has 0 aliphatic carbocycles. The highest BCUT2D eigenvalue weighted by molar-refractivity contribution is 5.43. The first-order valence-electron chi connectivity index (χ1n) is 5.25. The highest BCUT2D eigenvalue weighted by atomic mass is 15.1. The van der Waals surface area contributed by atoms with E-state index in [0.29, 0.717) is 0 Å². The molecule has 14 heavy (non-hydrogen) atoms. The SMILES string of the molecule is C(=Cc1ccccn1)CN1CCCC1. The molecule has 2 heterocycles. The summed E-state index contributed by atoms with van der Waals surface area (Å²) in [6, 6.07) is 5.99. The standard InChI is InChI=1S/C12H16N2/c1-2-8-13-12(6-1)7-5-11-14-9-3-4-10-14/h1-2,5-8H,3-4,9-11H2. The Hall–Kier alpha value is -1.15. The van der Waals surface area contributed by atoms with Crippen molar-refractivity contribution < 1.29 is 0 Å². The van der Waals surface area contributed by atoms with E-state index in [0.717, 1.165) is 12.2 Å². The maximum atomic E-state index is 4.24. The Balaban J connectivity index is 1.82. The van der Waals surface area contributed by atoms with Gasteiger partial charge in [-0.3, -0.25) is 9.88 Å². The molecule has 0 spiro atoms. The maximum Gasteiger partial charge on any atom is 0.0626 e. The molecule has 1 aliphatic rings. The molecular formula is C12H16N2. The van der Waals surface area contributed by atoms with Crippen molar-refractivity contribution in [3.8, 4) is 0 Å². The number of hydrogen-bond donors (Lipinski definition) is 0. The van der Waals surface area contributed by atoms with Crippen molar-refractivity contribution in [2.45, 2.75) is 12.8 Å². The van der Waals surface area contributed by atoms with Crippen LogP contribution in [-0.4, -0.2) is 29.5 Å². The molecule has 0 bridgehead atoms. The van der Waals surface area contributed by atoms with Crippen LogP contribution in [0.1, 0.15) is 18.5 Å². The van der Waals surface area contributed by atoms with E-state index in [9.17, 15) is 0 Å². The third-order valence-corrected chi connectivity index (χ3v) is 2.54. The predicted octanol–water partition coefficient (Wildman–Crippen LogP) is 2.19. The van der Waals surface area contributed by atoms with E-state index < -0.39 is 0 Å². The molecule has 0 saturated carbocycles. The maximum absolute atomic E-state index is 4.24. The fourth-order valence-corrected chi connectivity index (χ4v) is 1.76. The van der Waals surface area contributed by atoms with Gasteiger partial charge in [-0.05, 0) is 44.1 Å². The number of rotatable bonds is 3. The molecule has 0 N–H and O–H groups in total. The second-order valence-corrected chi connectivity index (χ2v) is 3.66. The lowest BCUT2D eigenvalue weighted by Crippen LogP contribution is -2.18. The lowest BCUT2D eigenvalue weighted by molar-refractivity contribution is 0.378. The number of nitrogens with zero attached hydrogens (tertiary/aromatic N) is 2. The van der Waals surface area contributed by atoms with Crippen LogP contribution in [0.15, 0.2) is 30.5 Å². The van der Waals surface area contributed by atoms with Crippen LogP contribution < -0.4 is 0 Å². The Morgan fingerprint density at radius 1 is 1.29 bits per heavy atom. The molecule has 1 fully saturated rings. The third-order valence-electron chi connectivity index (χ3n) is 2.54. The van der Waals surface area contributed by atoms with Gasteiger partial charge in [0.1, 0.15) is 0 Å². The molecule has 1 aliphatic heterocycles. The van der Waals surface area contributed by atoms with Crippen LogP contribution in [0.3, 0.4) is 0 Å². The highest BCUT2D eigenvalue weighted by Gasteiger charge is 2.08. The minimum Gasteiger partial charge on any atom is -0.300 e. The van der Waals surface area contributed by atoms with Crippen molar-refractivity contribution in [3.05, 3.63) is 36.2 Å². The minimum absolute atomic E-state index is 1.05. The zero-order chi connectivity index (χ0) is 9.64. The van der Waals surface area contributed by atoms with Gasteiger partial charge in [0.15, 0.2) is 0 Å². The number of aromatic nitrogens is 1. The van der Waals surface area contributed by atoms with Crippen LogP contribution in [0.4, 0.5) is 0 Å². The molecule has 1 aromatic heterocycles. The van der Waals surface area contributed by atoms with Gasteiger partial charge in [0.2, 0.25) is 0 Å². The van der Waals surface area contributed by atoms with Crippen LogP contribution in [0, 0.1) is 0 Å². The smallest absolute Gasteiger partial charge is 0.0626 e. The summed E-state index contributed by atoms with van der Waals surface area (Å²) in [6.45, 7) is 3.58. The van der Waals surface area contributed by atoms with Gasteiger partial charge in [0, 0.05) is 12.7 Å². The van der Waals surface area contributed by atoms with Crippen molar-refractivity contribution in [2.75, 3.05) is 19.6 Å². The fourth-order valence-electron chi connectivity index (χ4n) is 1.76. The highest BCUT2D eigenvalue weighted by Crippen LogP contribution is 2.07. The molecule has 2 heteroatoms. The largest absolute Gasteiger partial charge is 0.300 e. The summed E-state index contributed by atoms with van der Waals surface area (Å²) < 4.78 is 0. The topological polar surface area (TPSA) is 16.1 Å². The Labute approximate surface area is 85.3 Å². The summed E-state index contributed by atoms with van der Waals surface area (Å²) in [5.74, 6) is 0. The van der Waals surface area contributed by atoms with E-state index in [-0.39, 0.29) is 0 Å². The van der Waals surface area contributed by atoms with Crippen molar-refractivity contribution in [1.29, 1.82) is 0 Å². The first kappa shape index (κ1) is 9.41. The summed E-state index contributed by atoms with van der Waals surface area (Å²) in [4.78, 5) is 6.71. The summed E-state index contributed by atoms with van der Waals surface area (Å²) in [6.07, 6.45) is 8.84. The van der Waals surface area contributed by atoms with Gasteiger partial charge < -0.3 is 0 Å². The molecule has 2 nitrogen and oxygen atoms in total. The molecular weight excluding hydrogens is 172 g/mol. The third kappa shape index (κ3) is 2.67. The van der Waals surface area contributed by atoms with Crippen LogP contribution >= 0.6 is 0 Å². The molecule has 74 valence electrons. The van der Waals surface area contributed by atoms with Crippen molar-refractivity contribution >= 4 is 6.08 Å². The molecule has 0 unspecified atom stereocenters. The second kappa shape index (κ2) is 4.91. The predicted molar refractivity (Wildman–Crippen MR) is 58.9 cm³/mol. The molecule has 0 aromatic carbocycles. The van der Waals surface area contributed by atoms with E-state index in [4.69, 9.17) is 0 Å². The summed E-state index contributed by atoms with van der Waals surface area (Å²) in [5.41, 5.74) is 1.05. The van der Waals surface area contributed by atoms with Gasteiger partial charge in [-0.25, -0.2) is 0 Å². The Kier molecular flexibility index (Phi) is 3.30. The van der Waals surface area contributed by atoms with Crippen LogP contribution in [0.25, 0.3) is 6.08 Å². The molecule has 0 radical (unpaired) electrons. The van der Waals surface area contributed by atoms with E-state index in [1.54, 1.807) is 0 Å². The number of likely N-dealkylation sites (tertiary alicyclic amines) is 1. The summed E-state index contributed by atoms with van der Waals surface area (Å²) in [7, 11) is 0. The average Bonchev–Trinajstić information content (AvgIpc) is 2.72. The van der Waals surface area contributed by atoms with Crippen LogP contribution in [-0.2, 0) is 0 Å². The molecule has 2 rings (SSSR count). The van der Waals surface area contributed by atoms with Crippen LogP contribution in [0.2, 0.25) is 0 Å². The monoisotopic (exact) mass is 188 g/mol. The zero-order valence-electron chi connectivity index (χ0n) is 8.39. The van der Waals surface area contributed by atoms with Crippen molar-refractivity contribution in [1.82, 2.24) is 9.88 Å². The van der Waals surface area contributed by atoms with Crippen molar-refractivity contribution in [2.24, 2.45) is 0 Å². The van der Waals surface area contributed by atoms with Gasteiger partial charge in [0.05, 0.1) is 5.69 Å². The normalized spacial score (nSPS) is 18.0. The van der Waals surface area contributed by atoms with Gasteiger partial charge in [-0.15, -0.1) is 0 Å². The van der Waals surface area contributed by atoms with Gasteiger partial charge >= 0.3 is 0 Å². The molecule has 0 amide bonds. The second-order valence-electron chi connectivity index (χ2n) is 3.66. The van der Waals surface area contributed by atoms with Gasteiger partial charge in [-0.2, -0.15) is 0 Å². The molecule has 1 saturated heterocycles.